The molecule has 3 heterocycles. The molecule has 1 saturated heterocycles. The zero-order valence-electron chi connectivity index (χ0n) is 24.3. The fourth-order valence-corrected chi connectivity index (χ4v) is 6.48. The highest BCUT2D eigenvalue weighted by molar-refractivity contribution is 7.92. The van der Waals surface area contributed by atoms with Gasteiger partial charge in [0.2, 0.25) is 5.88 Å². The molecule has 0 atom stereocenters. The summed E-state index contributed by atoms with van der Waals surface area (Å²) in [6.07, 6.45) is 3.35. The summed E-state index contributed by atoms with van der Waals surface area (Å²) < 4.78 is 61.3. The first-order chi connectivity index (χ1) is 21.2. The van der Waals surface area contributed by atoms with E-state index in [0.717, 1.165) is 72.4 Å². The average molecular weight is 616 g/mol. The number of aromatic nitrogens is 2. The van der Waals surface area contributed by atoms with Crippen molar-refractivity contribution in [2.75, 3.05) is 45.1 Å². The van der Waals surface area contributed by atoms with Crippen LogP contribution in [0.4, 0.5) is 14.5 Å². The van der Waals surface area contributed by atoms with Gasteiger partial charge in [-0.3, -0.25) is 14.6 Å². The SMILES string of the molecule is COc1ncc(-c2ccc3nccc(-c4ccc(CN5CCN(C)CC5)cc4)c3c2)cc1NS(=O)(=O)c1ccc(F)cc1F. The summed E-state index contributed by atoms with van der Waals surface area (Å²) in [5, 5.41) is 0.920. The van der Waals surface area contributed by atoms with Crippen molar-refractivity contribution in [3.05, 3.63) is 102 Å². The number of fused-ring (bicyclic) bond motifs is 1. The molecule has 0 spiro atoms. The largest absolute Gasteiger partial charge is 0.480 e. The van der Waals surface area contributed by atoms with E-state index < -0.39 is 26.6 Å². The summed E-state index contributed by atoms with van der Waals surface area (Å²) in [6, 6.07) is 20.2. The predicted molar refractivity (Wildman–Crippen MR) is 167 cm³/mol. The highest BCUT2D eigenvalue weighted by Crippen LogP contribution is 2.34. The van der Waals surface area contributed by atoms with Crippen molar-refractivity contribution in [2.24, 2.45) is 0 Å². The smallest absolute Gasteiger partial charge is 0.264 e. The Morgan fingerprint density at radius 1 is 0.864 bits per heavy atom. The molecule has 0 saturated carbocycles. The number of nitrogens with zero attached hydrogens (tertiary/aromatic N) is 4. The number of rotatable bonds is 8. The fourth-order valence-electron chi connectivity index (χ4n) is 5.37. The quantitative estimate of drug-likeness (QED) is 0.236. The molecule has 3 aromatic carbocycles. The fraction of sp³-hybridized carbons (Fsp3) is 0.212. The Labute approximate surface area is 255 Å². The summed E-state index contributed by atoms with van der Waals surface area (Å²) in [5.41, 5.74) is 5.51. The molecule has 11 heteroatoms. The van der Waals surface area contributed by atoms with E-state index in [1.54, 1.807) is 18.5 Å². The van der Waals surface area contributed by atoms with Gasteiger partial charge in [0.25, 0.3) is 10.0 Å². The standard InChI is InChI=1S/C33H31F2N5O3S/c1-39-13-15-40(16-14-39)21-22-3-5-23(6-4-22)27-11-12-36-30-9-7-24(17-28(27)30)25-18-31(33(43-2)37-20-25)38-44(41,42)32-10-8-26(34)19-29(32)35/h3-12,17-20,38H,13-16,21H2,1-2H3. The lowest BCUT2D eigenvalue weighted by atomic mass is 9.97. The van der Waals surface area contributed by atoms with Crippen LogP contribution in [-0.4, -0.2) is 68.5 Å². The number of pyridine rings is 2. The first-order valence-electron chi connectivity index (χ1n) is 14.1. The van der Waals surface area contributed by atoms with Crippen LogP contribution >= 0.6 is 0 Å². The Kier molecular flexibility index (Phi) is 8.26. The van der Waals surface area contributed by atoms with Gasteiger partial charge in [-0.05, 0) is 65.7 Å². The lowest BCUT2D eigenvalue weighted by molar-refractivity contribution is 0.148. The van der Waals surface area contributed by atoms with E-state index in [4.69, 9.17) is 4.74 Å². The molecule has 2 aromatic heterocycles. The van der Waals surface area contributed by atoms with Crippen molar-refractivity contribution in [2.45, 2.75) is 11.4 Å². The molecule has 1 N–H and O–H groups in total. The minimum atomic E-state index is -4.41. The van der Waals surface area contributed by atoms with Gasteiger partial charge in [-0.2, -0.15) is 0 Å². The van der Waals surface area contributed by atoms with Crippen LogP contribution in [0.5, 0.6) is 5.88 Å². The minimum absolute atomic E-state index is 0.000321. The summed E-state index contributed by atoms with van der Waals surface area (Å²) in [6.45, 7) is 5.19. The van der Waals surface area contributed by atoms with Gasteiger partial charge in [0.05, 0.1) is 12.6 Å². The van der Waals surface area contributed by atoms with Gasteiger partial charge in [-0.1, -0.05) is 30.3 Å². The lowest BCUT2D eigenvalue weighted by Gasteiger charge is -2.32. The van der Waals surface area contributed by atoms with Gasteiger partial charge in [-0.15, -0.1) is 0 Å². The van der Waals surface area contributed by atoms with Crippen LogP contribution in [0.3, 0.4) is 0 Å². The number of hydrogen-bond acceptors (Lipinski definition) is 7. The van der Waals surface area contributed by atoms with Gasteiger partial charge >= 0.3 is 0 Å². The number of methoxy groups -OCH3 is 1. The maximum absolute atomic E-state index is 14.3. The van der Waals surface area contributed by atoms with E-state index >= 15 is 0 Å². The van der Waals surface area contributed by atoms with Crippen molar-refractivity contribution in [3.8, 4) is 28.1 Å². The zero-order valence-corrected chi connectivity index (χ0v) is 25.1. The van der Waals surface area contributed by atoms with Crippen molar-refractivity contribution in [3.63, 3.8) is 0 Å². The number of anilines is 1. The van der Waals surface area contributed by atoms with Crippen LogP contribution in [0, 0.1) is 11.6 Å². The van der Waals surface area contributed by atoms with Gasteiger partial charge in [0, 0.05) is 62.1 Å². The maximum atomic E-state index is 14.3. The number of nitrogens with one attached hydrogen (secondary N) is 1. The van der Waals surface area contributed by atoms with Gasteiger partial charge in [0.15, 0.2) is 0 Å². The van der Waals surface area contributed by atoms with E-state index in [0.29, 0.717) is 11.6 Å². The first-order valence-corrected chi connectivity index (χ1v) is 15.6. The second kappa shape index (κ2) is 12.3. The Balaban J connectivity index is 1.30. The molecule has 0 bridgehead atoms. The highest BCUT2D eigenvalue weighted by Gasteiger charge is 2.22. The third kappa shape index (κ3) is 6.26. The van der Waals surface area contributed by atoms with Crippen molar-refractivity contribution in [1.82, 2.24) is 19.8 Å². The number of halogens is 2. The minimum Gasteiger partial charge on any atom is -0.480 e. The lowest BCUT2D eigenvalue weighted by Crippen LogP contribution is -2.43. The van der Waals surface area contributed by atoms with Crippen LogP contribution in [0.2, 0.25) is 0 Å². The molecule has 1 aliphatic heterocycles. The molecule has 0 unspecified atom stereocenters. The third-order valence-electron chi connectivity index (χ3n) is 7.81. The predicted octanol–water partition coefficient (Wildman–Crippen LogP) is 5.80. The number of sulfonamides is 1. The van der Waals surface area contributed by atoms with Crippen LogP contribution in [0.25, 0.3) is 33.2 Å². The number of benzene rings is 3. The Hall–Kier alpha value is -4.45. The zero-order chi connectivity index (χ0) is 30.8. The van der Waals surface area contributed by atoms with Crippen molar-refractivity contribution < 1.29 is 21.9 Å². The number of likely N-dealkylation sites (N-methyl/N-ethyl adjacent to an activating group) is 1. The van der Waals surface area contributed by atoms with E-state index in [1.165, 1.54) is 12.7 Å². The summed E-state index contributed by atoms with van der Waals surface area (Å²) >= 11 is 0. The van der Waals surface area contributed by atoms with E-state index in [2.05, 4.69) is 55.8 Å². The highest BCUT2D eigenvalue weighted by atomic mass is 32.2. The molecule has 0 aliphatic carbocycles. The number of piperazine rings is 1. The average Bonchev–Trinajstić information content (AvgIpc) is 3.01. The molecule has 1 aliphatic rings. The number of hydrogen-bond donors (Lipinski definition) is 1. The second-order valence-corrected chi connectivity index (χ2v) is 12.5. The normalized spacial score (nSPS) is 14.5. The van der Waals surface area contributed by atoms with E-state index in [1.807, 2.05) is 24.3 Å². The molecule has 1 fully saturated rings. The van der Waals surface area contributed by atoms with Crippen LogP contribution in [-0.2, 0) is 16.6 Å². The summed E-state index contributed by atoms with van der Waals surface area (Å²) in [4.78, 5) is 13.0. The monoisotopic (exact) mass is 615 g/mol. The Bertz CT molecular complexity index is 1930. The molecule has 0 amide bonds. The molecular formula is C33H31F2N5O3S. The second-order valence-electron chi connectivity index (χ2n) is 10.8. The molecule has 0 radical (unpaired) electrons. The molecule has 226 valence electrons. The van der Waals surface area contributed by atoms with Crippen molar-refractivity contribution >= 4 is 26.6 Å². The molecule has 5 aromatic rings. The third-order valence-corrected chi connectivity index (χ3v) is 9.21. The molecule has 8 nitrogen and oxygen atoms in total. The summed E-state index contributed by atoms with van der Waals surface area (Å²) in [7, 11) is -0.909. The maximum Gasteiger partial charge on any atom is 0.264 e. The van der Waals surface area contributed by atoms with Crippen LogP contribution in [0.15, 0.2) is 90.1 Å². The Morgan fingerprint density at radius 3 is 2.34 bits per heavy atom. The van der Waals surface area contributed by atoms with Crippen LogP contribution in [0.1, 0.15) is 5.56 Å². The number of ether oxygens (including phenoxy) is 1. The van der Waals surface area contributed by atoms with E-state index in [-0.39, 0.29) is 11.6 Å². The van der Waals surface area contributed by atoms with Crippen molar-refractivity contribution in [1.29, 1.82) is 0 Å². The van der Waals surface area contributed by atoms with Gasteiger partial charge in [-0.25, -0.2) is 22.2 Å². The van der Waals surface area contributed by atoms with E-state index in [9.17, 15) is 17.2 Å². The Morgan fingerprint density at radius 2 is 1.61 bits per heavy atom. The van der Waals surface area contributed by atoms with Gasteiger partial charge in [0.1, 0.15) is 22.2 Å². The summed E-state index contributed by atoms with van der Waals surface area (Å²) in [5.74, 6) is -2.09. The van der Waals surface area contributed by atoms with Gasteiger partial charge < -0.3 is 9.64 Å². The molecular weight excluding hydrogens is 584 g/mol. The molecule has 6 rings (SSSR count). The van der Waals surface area contributed by atoms with Crippen LogP contribution < -0.4 is 9.46 Å². The topological polar surface area (TPSA) is 87.7 Å². The first kappa shape index (κ1) is 29.6. The molecule has 44 heavy (non-hydrogen) atoms.